The summed E-state index contributed by atoms with van der Waals surface area (Å²) in [7, 11) is 0. The van der Waals surface area contributed by atoms with E-state index in [1.165, 1.54) is 0 Å². The molecule has 0 spiro atoms. The third-order valence-electron chi connectivity index (χ3n) is 3.32. The van der Waals surface area contributed by atoms with Crippen LogP contribution in [0.4, 0.5) is 0 Å². The Bertz CT molecular complexity index is 643. The highest BCUT2D eigenvalue weighted by atomic mass is 16.5. The fraction of sp³-hybridized carbons (Fsp3) is 0.357. The molecule has 3 rings (SSSR count). The third kappa shape index (κ3) is 2.47. The van der Waals surface area contributed by atoms with Crippen molar-refractivity contribution in [2.24, 2.45) is 0 Å². The number of benzene rings is 1. The second-order valence-electron chi connectivity index (χ2n) is 4.64. The van der Waals surface area contributed by atoms with Crippen LogP contribution in [0.25, 0.3) is 11.0 Å². The molecular weight excluding hydrogens is 246 g/mol. The number of rotatable bonds is 2. The van der Waals surface area contributed by atoms with Crippen molar-refractivity contribution in [1.82, 2.24) is 4.90 Å². The summed E-state index contributed by atoms with van der Waals surface area (Å²) in [6.45, 7) is 3.50. The van der Waals surface area contributed by atoms with Crippen molar-refractivity contribution in [2.45, 2.75) is 6.54 Å². The van der Waals surface area contributed by atoms with Crippen LogP contribution in [0, 0.1) is 0 Å². The summed E-state index contributed by atoms with van der Waals surface area (Å²) >= 11 is 0. The molecule has 0 bridgehead atoms. The van der Waals surface area contributed by atoms with Gasteiger partial charge in [-0.2, -0.15) is 0 Å². The molecule has 0 amide bonds. The molecule has 5 nitrogen and oxygen atoms in total. The van der Waals surface area contributed by atoms with Crippen LogP contribution in [0.3, 0.4) is 0 Å². The first-order valence-corrected chi connectivity index (χ1v) is 6.29. The van der Waals surface area contributed by atoms with E-state index in [0.29, 0.717) is 36.3 Å². The van der Waals surface area contributed by atoms with Crippen molar-refractivity contribution in [3.8, 4) is 5.75 Å². The van der Waals surface area contributed by atoms with Gasteiger partial charge >= 0.3 is 5.63 Å². The minimum atomic E-state index is -0.343. The van der Waals surface area contributed by atoms with E-state index in [2.05, 4.69) is 4.90 Å². The summed E-state index contributed by atoms with van der Waals surface area (Å²) in [5.41, 5.74) is 0.635. The van der Waals surface area contributed by atoms with Crippen LogP contribution < -0.4 is 5.63 Å². The lowest BCUT2D eigenvalue weighted by atomic mass is 10.1. The fourth-order valence-electron chi connectivity index (χ4n) is 2.28. The third-order valence-corrected chi connectivity index (χ3v) is 3.32. The Morgan fingerprint density at radius 1 is 1.26 bits per heavy atom. The van der Waals surface area contributed by atoms with Gasteiger partial charge in [-0.3, -0.25) is 4.90 Å². The first-order chi connectivity index (χ1) is 9.24. The lowest BCUT2D eigenvalue weighted by molar-refractivity contribution is 0.0338. The molecule has 1 fully saturated rings. The van der Waals surface area contributed by atoms with Crippen LogP contribution >= 0.6 is 0 Å². The van der Waals surface area contributed by atoms with E-state index in [4.69, 9.17) is 9.15 Å². The van der Waals surface area contributed by atoms with Crippen molar-refractivity contribution >= 4 is 11.0 Å². The summed E-state index contributed by atoms with van der Waals surface area (Å²) < 4.78 is 10.5. The molecule has 0 radical (unpaired) electrons. The minimum absolute atomic E-state index is 0.129. The van der Waals surface area contributed by atoms with E-state index in [9.17, 15) is 9.90 Å². The number of phenolic OH excluding ortho intramolecular Hbond substituents is 1. The van der Waals surface area contributed by atoms with E-state index in [1.807, 2.05) is 0 Å². The van der Waals surface area contributed by atoms with Gasteiger partial charge in [-0.05, 0) is 18.2 Å². The molecule has 1 saturated heterocycles. The van der Waals surface area contributed by atoms with Crippen molar-refractivity contribution in [3.05, 3.63) is 40.2 Å². The number of fused-ring (bicyclic) bond motifs is 1. The molecule has 19 heavy (non-hydrogen) atoms. The van der Waals surface area contributed by atoms with Gasteiger partial charge in [-0.25, -0.2) is 4.79 Å². The molecule has 1 aliphatic rings. The molecule has 1 aromatic heterocycles. The zero-order valence-corrected chi connectivity index (χ0v) is 10.5. The number of hydrogen-bond donors (Lipinski definition) is 1. The number of phenols is 1. The predicted molar refractivity (Wildman–Crippen MR) is 70.2 cm³/mol. The quantitative estimate of drug-likeness (QED) is 0.826. The van der Waals surface area contributed by atoms with E-state index >= 15 is 0 Å². The van der Waals surface area contributed by atoms with Crippen molar-refractivity contribution in [2.75, 3.05) is 26.3 Å². The fourth-order valence-corrected chi connectivity index (χ4v) is 2.28. The Balaban J connectivity index is 1.96. The lowest BCUT2D eigenvalue weighted by Gasteiger charge is -2.26. The largest absolute Gasteiger partial charge is 0.507 e. The van der Waals surface area contributed by atoms with Gasteiger partial charge < -0.3 is 14.3 Å². The normalized spacial score (nSPS) is 16.8. The van der Waals surface area contributed by atoms with Gasteiger partial charge in [0.05, 0.1) is 24.2 Å². The molecule has 0 unspecified atom stereocenters. The molecule has 0 saturated carbocycles. The van der Waals surface area contributed by atoms with Crippen LogP contribution in [-0.2, 0) is 11.3 Å². The Morgan fingerprint density at radius 2 is 2.05 bits per heavy atom. The minimum Gasteiger partial charge on any atom is -0.507 e. The number of morpholine rings is 1. The smallest absolute Gasteiger partial charge is 0.340 e. The molecule has 100 valence electrons. The van der Waals surface area contributed by atoms with Gasteiger partial charge in [0.2, 0.25) is 0 Å². The standard InChI is InChI=1S/C14H15NO4/c16-12-2-1-3-13-11(12)8-10(14(17)19-13)9-15-4-6-18-7-5-15/h1-3,8,16H,4-7,9H2. The van der Waals surface area contributed by atoms with E-state index in [1.54, 1.807) is 24.3 Å². The van der Waals surface area contributed by atoms with Crippen LogP contribution in [-0.4, -0.2) is 36.3 Å². The monoisotopic (exact) mass is 261 g/mol. The molecule has 1 aromatic carbocycles. The molecule has 2 aromatic rings. The Kier molecular flexibility index (Phi) is 3.23. The summed E-state index contributed by atoms with van der Waals surface area (Å²) in [5, 5.41) is 10.4. The maximum atomic E-state index is 11.9. The van der Waals surface area contributed by atoms with E-state index in [-0.39, 0.29) is 11.4 Å². The second kappa shape index (κ2) is 5.03. The molecule has 0 atom stereocenters. The van der Waals surface area contributed by atoms with E-state index in [0.717, 1.165) is 13.1 Å². The molecule has 1 aliphatic heterocycles. The number of hydrogen-bond acceptors (Lipinski definition) is 5. The summed E-state index contributed by atoms with van der Waals surface area (Å²) in [6.07, 6.45) is 0. The second-order valence-corrected chi connectivity index (χ2v) is 4.64. The predicted octanol–water partition coefficient (Wildman–Crippen LogP) is 1.33. The topological polar surface area (TPSA) is 62.9 Å². The number of aromatic hydroxyl groups is 1. The van der Waals surface area contributed by atoms with Crippen LogP contribution in [0.2, 0.25) is 0 Å². The summed E-state index contributed by atoms with van der Waals surface area (Å²) in [6, 6.07) is 6.63. The maximum Gasteiger partial charge on any atom is 0.340 e. The van der Waals surface area contributed by atoms with Gasteiger partial charge in [0, 0.05) is 19.6 Å². The van der Waals surface area contributed by atoms with Gasteiger partial charge in [0.25, 0.3) is 0 Å². The van der Waals surface area contributed by atoms with Crippen molar-refractivity contribution in [3.63, 3.8) is 0 Å². The highest BCUT2D eigenvalue weighted by molar-refractivity contribution is 5.83. The lowest BCUT2D eigenvalue weighted by Crippen LogP contribution is -2.36. The Labute approximate surface area is 110 Å². The summed E-state index contributed by atoms with van der Waals surface area (Å²) in [5.74, 6) is 0.129. The molecule has 0 aliphatic carbocycles. The van der Waals surface area contributed by atoms with Crippen LogP contribution in [0.1, 0.15) is 5.56 Å². The number of nitrogens with zero attached hydrogens (tertiary/aromatic N) is 1. The molecular formula is C14H15NO4. The molecule has 1 N–H and O–H groups in total. The highest BCUT2D eigenvalue weighted by Crippen LogP contribution is 2.24. The maximum absolute atomic E-state index is 11.9. The van der Waals surface area contributed by atoms with Gasteiger partial charge in [-0.15, -0.1) is 0 Å². The van der Waals surface area contributed by atoms with Crippen LogP contribution in [0.5, 0.6) is 5.75 Å². The molecule has 2 heterocycles. The van der Waals surface area contributed by atoms with Crippen molar-refractivity contribution in [1.29, 1.82) is 0 Å². The first-order valence-electron chi connectivity index (χ1n) is 6.29. The Morgan fingerprint density at radius 3 is 2.84 bits per heavy atom. The number of ether oxygens (including phenoxy) is 1. The van der Waals surface area contributed by atoms with Crippen LogP contribution in [0.15, 0.2) is 33.5 Å². The zero-order chi connectivity index (χ0) is 13.2. The average Bonchev–Trinajstić information content (AvgIpc) is 2.42. The molecule has 5 heteroatoms. The van der Waals surface area contributed by atoms with Gasteiger partial charge in [-0.1, -0.05) is 6.07 Å². The SMILES string of the molecule is O=c1oc2cccc(O)c2cc1CN1CCOCC1. The van der Waals surface area contributed by atoms with E-state index < -0.39 is 0 Å². The van der Waals surface area contributed by atoms with Gasteiger partial charge in [0.15, 0.2) is 0 Å². The summed E-state index contributed by atoms with van der Waals surface area (Å²) in [4.78, 5) is 14.1. The average molecular weight is 261 g/mol. The van der Waals surface area contributed by atoms with Gasteiger partial charge in [0.1, 0.15) is 11.3 Å². The Hall–Kier alpha value is -1.85. The van der Waals surface area contributed by atoms with Crippen molar-refractivity contribution < 1.29 is 14.3 Å². The highest BCUT2D eigenvalue weighted by Gasteiger charge is 2.14. The first kappa shape index (κ1) is 12.2. The zero-order valence-electron chi connectivity index (χ0n) is 10.5.